The maximum atomic E-state index is 12.1. The predicted octanol–water partition coefficient (Wildman–Crippen LogP) is 3.72. The summed E-state index contributed by atoms with van der Waals surface area (Å²) >= 11 is 5.93. The van der Waals surface area contributed by atoms with E-state index in [0.29, 0.717) is 29.0 Å². The molecule has 1 aromatic carbocycles. The van der Waals surface area contributed by atoms with Crippen LogP contribution in [-0.4, -0.2) is 22.2 Å². The van der Waals surface area contributed by atoms with Gasteiger partial charge in [-0.05, 0) is 49.9 Å². The normalized spacial score (nSPS) is 17.3. The molecule has 1 aromatic heterocycles. The van der Waals surface area contributed by atoms with E-state index in [-0.39, 0.29) is 5.91 Å². The van der Waals surface area contributed by atoms with Crippen molar-refractivity contribution in [1.29, 1.82) is 0 Å². The quantitative estimate of drug-likeness (QED) is 0.878. The highest BCUT2D eigenvalue weighted by molar-refractivity contribution is 6.30. The van der Waals surface area contributed by atoms with Crippen LogP contribution in [0.3, 0.4) is 0 Å². The lowest BCUT2D eigenvalue weighted by Gasteiger charge is -2.08. The van der Waals surface area contributed by atoms with E-state index in [1.165, 1.54) is 37.1 Å². The number of rotatable bonds is 6. The number of nitrogens with one attached hydrogen (secondary N) is 1. The molecular weight excluding hydrogens is 310 g/mol. The number of carbonyl (C=O) groups excluding carboxylic acids is 1. The summed E-state index contributed by atoms with van der Waals surface area (Å²) in [7, 11) is 0. The lowest BCUT2D eigenvalue weighted by Crippen LogP contribution is -2.28. The van der Waals surface area contributed by atoms with Gasteiger partial charge in [0, 0.05) is 34.7 Å². The standard InChI is InChI=1S/C18H20ClN3O/c19-15-3-1-2-14(10-15)18(23)20-8-9-22-17(13-6-7-13)11-16(21-22)12-4-5-12/h1-3,10-13H,4-9H2,(H,20,23). The molecule has 1 N–H and O–H groups in total. The first-order chi connectivity index (χ1) is 11.2. The van der Waals surface area contributed by atoms with Crippen LogP contribution in [0.15, 0.2) is 30.3 Å². The van der Waals surface area contributed by atoms with E-state index in [1.54, 1.807) is 24.3 Å². The largest absolute Gasteiger partial charge is 0.350 e. The van der Waals surface area contributed by atoms with Gasteiger partial charge in [0.1, 0.15) is 0 Å². The van der Waals surface area contributed by atoms with Crippen molar-refractivity contribution < 1.29 is 4.79 Å². The molecule has 23 heavy (non-hydrogen) atoms. The molecule has 2 aromatic rings. The molecule has 0 saturated heterocycles. The molecule has 4 nitrogen and oxygen atoms in total. The Bertz CT molecular complexity index is 732. The van der Waals surface area contributed by atoms with Gasteiger partial charge in [0.05, 0.1) is 12.2 Å². The monoisotopic (exact) mass is 329 g/mol. The third-order valence-electron chi connectivity index (χ3n) is 4.52. The summed E-state index contributed by atoms with van der Waals surface area (Å²) in [5.41, 5.74) is 3.19. The van der Waals surface area contributed by atoms with Gasteiger partial charge >= 0.3 is 0 Å². The number of halogens is 1. The van der Waals surface area contributed by atoms with Crippen LogP contribution < -0.4 is 5.32 Å². The Kier molecular flexibility index (Phi) is 3.85. The van der Waals surface area contributed by atoms with Crippen molar-refractivity contribution in [3.63, 3.8) is 0 Å². The SMILES string of the molecule is O=C(NCCn1nc(C2CC2)cc1C1CC1)c1cccc(Cl)c1. The molecule has 0 spiro atoms. The van der Waals surface area contributed by atoms with Crippen molar-refractivity contribution in [3.05, 3.63) is 52.3 Å². The van der Waals surface area contributed by atoms with Crippen LogP contribution in [0.1, 0.15) is 59.3 Å². The van der Waals surface area contributed by atoms with Crippen LogP contribution in [0.4, 0.5) is 0 Å². The topological polar surface area (TPSA) is 46.9 Å². The summed E-state index contributed by atoms with van der Waals surface area (Å²) < 4.78 is 2.10. The summed E-state index contributed by atoms with van der Waals surface area (Å²) in [5.74, 6) is 1.27. The van der Waals surface area contributed by atoms with Crippen molar-refractivity contribution in [2.45, 2.75) is 44.1 Å². The Morgan fingerprint density at radius 3 is 2.70 bits per heavy atom. The van der Waals surface area contributed by atoms with Gasteiger partial charge in [-0.25, -0.2) is 0 Å². The van der Waals surface area contributed by atoms with Gasteiger partial charge in [0.25, 0.3) is 5.91 Å². The first-order valence-electron chi connectivity index (χ1n) is 8.32. The second kappa shape index (κ2) is 6.00. The van der Waals surface area contributed by atoms with Gasteiger partial charge in [0.15, 0.2) is 0 Å². The van der Waals surface area contributed by atoms with E-state index in [2.05, 4.69) is 16.1 Å². The third kappa shape index (κ3) is 3.42. The van der Waals surface area contributed by atoms with Gasteiger partial charge in [-0.2, -0.15) is 5.10 Å². The lowest BCUT2D eigenvalue weighted by molar-refractivity contribution is 0.0952. The van der Waals surface area contributed by atoms with Gasteiger partial charge in [-0.1, -0.05) is 17.7 Å². The van der Waals surface area contributed by atoms with Gasteiger partial charge in [-0.15, -0.1) is 0 Å². The fourth-order valence-corrected chi connectivity index (χ4v) is 3.11. The first kappa shape index (κ1) is 14.8. The van der Waals surface area contributed by atoms with E-state index >= 15 is 0 Å². The maximum absolute atomic E-state index is 12.1. The van der Waals surface area contributed by atoms with Crippen molar-refractivity contribution in [2.75, 3.05) is 6.54 Å². The summed E-state index contributed by atoms with van der Waals surface area (Å²) in [6.07, 6.45) is 5.08. The van der Waals surface area contributed by atoms with Crippen LogP contribution in [0.25, 0.3) is 0 Å². The minimum atomic E-state index is -0.0879. The van der Waals surface area contributed by atoms with Gasteiger partial charge in [0.2, 0.25) is 0 Å². The van der Waals surface area contributed by atoms with Gasteiger partial charge < -0.3 is 5.32 Å². The van der Waals surface area contributed by atoms with Crippen LogP contribution in [0.5, 0.6) is 0 Å². The number of nitrogens with zero attached hydrogens (tertiary/aromatic N) is 2. The Morgan fingerprint density at radius 1 is 1.22 bits per heavy atom. The first-order valence-corrected chi connectivity index (χ1v) is 8.70. The number of hydrogen-bond donors (Lipinski definition) is 1. The van der Waals surface area contributed by atoms with Crippen LogP contribution in [-0.2, 0) is 6.54 Å². The Morgan fingerprint density at radius 2 is 2.00 bits per heavy atom. The van der Waals surface area contributed by atoms with Crippen LogP contribution >= 0.6 is 11.6 Å². The minimum Gasteiger partial charge on any atom is -0.350 e. The fourth-order valence-electron chi connectivity index (χ4n) is 2.92. The predicted molar refractivity (Wildman–Crippen MR) is 90.0 cm³/mol. The van der Waals surface area contributed by atoms with Crippen molar-refractivity contribution in [1.82, 2.24) is 15.1 Å². The summed E-state index contributed by atoms with van der Waals surface area (Å²) in [5, 5.41) is 8.30. The number of hydrogen-bond acceptors (Lipinski definition) is 2. The number of carbonyl (C=O) groups is 1. The smallest absolute Gasteiger partial charge is 0.251 e. The number of benzene rings is 1. The van der Waals surface area contributed by atoms with Crippen LogP contribution in [0, 0.1) is 0 Å². The molecule has 0 aliphatic heterocycles. The van der Waals surface area contributed by atoms with E-state index < -0.39 is 0 Å². The summed E-state index contributed by atoms with van der Waals surface area (Å²) in [6.45, 7) is 1.31. The average molecular weight is 330 g/mol. The maximum Gasteiger partial charge on any atom is 0.251 e. The molecule has 2 aliphatic carbocycles. The molecule has 0 atom stereocenters. The molecular formula is C18H20ClN3O. The third-order valence-corrected chi connectivity index (χ3v) is 4.75. The molecule has 2 saturated carbocycles. The van der Waals surface area contributed by atoms with E-state index in [9.17, 15) is 4.79 Å². The van der Waals surface area contributed by atoms with E-state index in [0.717, 1.165) is 6.54 Å². The fraction of sp³-hybridized carbons (Fsp3) is 0.444. The molecule has 1 amide bonds. The molecule has 0 bridgehead atoms. The van der Waals surface area contributed by atoms with Crippen LogP contribution in [0.2, 0.25) is 5.02 Å². The molecule has 2 fully saturated rings. The van der Waals surface area contributed by atoms with E-state index in [4.69, 9.17) is 16.7 Å². The molecule has 0 unspecified atom stereocenters. The lowest BCUT2D eigenvalue weighted by atomic mass is 10.2. The molecule has 2 aliphatic rings. The number of aromatic nitrogens is 2. The molecule has 0 radical (unpaired) electrons. The Labute approximate surface area is 140 Å². The van der Waals surface area contributed by atoms with Crippen molar-refractivity contribution in [2.24, 2.45) is 0 Å². The zero-order valence-corrected chi connectivity index (χ0v) is 13.7. The molecule has 120 valence electrons. The van der Waals surface area contributed by atoms with Crippen molar-refractivity contribution >= 4 is 17.5 Å². The zero-order valence-electron chi connectivity index (χ0n) is 13.0. The average Bonchev–Trinajstić information content (AvgIpc) is 3.46. The Balaban J connectivity index is 1.38. The van der Waals surface area contributed by atoms with Crippen molar-refractivity contribution in [3.8, 4) is 0 Å². The molecule has 1 heterocycles. The highest BCUT2D eigenvalue weighted by atomic mass is 35.5. The summed E-state index contributed by atoms with van der Waals surface area (Å²) in [4.78, 5) is 12.1. The molecule has 5 heteroatoms. The van der Waals surface area contributed by atoms with E-state index in [1.807, 2.05) is 0 Å². The molecule has 4 rings (SSSR count). The summed E-state index contributed by atoms with van der Waals surface area (Å²) in [6, 6.07) is 9.30. The van der Waals surface area contributed by atoms with Gasteiger partial charge in [-0.3, -0.25) is 9.48 Å². The minimum absolute atomic E-state index is 0.0879. The highest BCUT2D eigenvalue weighted by Crippen LogP contribution is 2.44. The Hall–Kier alpha value is -1.81. The number of amides is 1. The highest BCUT2D eigenvalue weighted by Gasteiger charge is 2.32. The zero-order chi connectivity index (χ0) is 15.8. The second-order valence-corrected chi connectivity index (χ2v) is 6.97. The second-order valence-electron chi connectivity index (χ2n) is 6.53.